The van der Waals surface area contributed by atoms with Crippen LogP contribution in [0, 0.1) is 5.92 Å². The molecule has 1 heterocycles. The van der Waals surface area contributed by atoms with E-state index >= 15 is 0 Å². The molecule has 2 heteroatoms. The minimum atomic E-state index is -0.417. The smallest absolute Gasteiger partial charge is 0.0922 e. The molecule has 100 valence electrons. The number of aliphatic hydroxyl groups is 1. The van der Waals surface area contributed by atoms with E-state index in [1.54, 1.807) is 0 Å². The van der Waals surface area contributed by atoms with Crippen molar-refractivity contribution in [3.63, 3.8) is 0 Å². The molecule has 0 aliphatic carbocycles. The topological polar surface area (TPSA) is 23.5 Å². The van der Waals surface area contributed by atoms with Crippen molar-refractivity contribution in [1.29, 1.82) is 0 Å². The summed E-state index contributed by atoms with van der Waals surface area (Å²) in [5, 5.41) is 10.2. The highest BCUT2D eigenvalue weighted by atomic mass is 16.3. The van der Waals surface area contributed by atoms with Crippen molar-refractivity contribution in [2.24, 2.45) is 5.92 Å². The summed E-state index contributed by atoms with van der Waals surface area (Å²) in [4.78, 5) is 2.37. The third-order valence-electron chi connectivity index (χ3n) is 4.10. The number of rotatable bonds is 6. The molecule has 1 aliphatic heterocycles. The van der Waals surface area contributed by atoms with Crippen LogP contribution in [0.1, 0.15) is 32.3 Å². The summed E-state index contributed by atoms with van der Waals surface area (Å²) in [6, 6.07) is 10.7. The van der Waals surface area contributed by atoms with Gasteiger partial charge in [0.25, 0.3) is 0 Å². The van der Waals surface area contributed by atoms with Gasteiger partial charge in [-0.3, -0.25) is 4.90 Å². The van der Waals surface area contributed by atoms with Crippen LogP contribution in [0.4, 0.5) is 0 Å². The lowest BCUT2D eigenvalue weighted by Crippen LogP contribution is -2.64. The molecule has 1 aliphatic rings. The first-order valence-corrected chi connectivity index (χ1v) is 7.09. The Morgan fingerprint density at radius 3 is 2.44 bits per heavy atom. The zero-order valence-electron chi connectivity index (χ0n) is 11.6. The Morgan fingerprint density at radius 2 is 1.83 bits per heavy atom. The van der Waals surface area contributed by atoms with E-state index in [1.165, 1.54) is 24.8 Å². The van der Waals surface area contributed by atoms with Crippen molar-refractivity contribution in [2.75, 3.05) is 19.6 Å². The van der Waals surface area contributed by atoms with E-state index in [-0.39, 0.29) is 0 Å². The molecule has 2 nitrogen and oxygen atoms in total. The van der Waals surface area contributed by atoms with Crippen LogP contribution < -0.4 is 0 Å². The molecule has 0 radical (unpaired) electrons. The van der Waals surface area contributed by atoms with Gasteiger partial charge in [-0.05, 0) is 37.3 Å². The van der Waals surface area contributed by atoms with Gasteiger partial charge >= 0.3 is 0 Å². The van der Waals surface area contributed by atoms with Gasteiger partial charge in [-0.25, -0.2) is 0 Å². The lowest BCUT2D eigenvalue weighted by atomic mass is 9.83. The fraction of sp³-hybridized carbons (Fsp3) is 0.625. The molecule has 0 bridgehead atoms. The van der Waals surface area contributed by atoms with Crippen molar-refractivity contribution < 1.29 is 5.11 Å². The van der Waals surface area contributed by atoms with Gasteiger partial charge < -0.3 is 5.11 Å². The number of aryl methyl sites for hydroxylation is 1. The number of benzene rings is 1. The molecular weight excluding hydrogens is 222 g/mol. The Hall–Kier alpha value is -0.860. The quantitative estimate of drug-likeness (QED) is 0.781. The molecule has 0 amide bonds. The van der Waals surface area contributed by atoms with Gasteiger partial charge in [-0.2, -0.15) is 0 Å². The van der Waals surface area contributed by atoms with Crippen LogP contribution in [0.2, 0.25) is 0 Å². The molecule has 0 saturated carbocycles. The Morgan fingerprint density at radius 1 is 1.17 bits per heavy atom. The first kappa shape index (κ1) is 13.6. The molecular formula is C16H25NO. The fourth-order valence-electron chi connectivity index (χ4n) is 2.56. The van der Waals surface area contributed by atoms with E-state index in [1.807, 2.05) is 0 Å². The highest BCUT2D eigenvalue weighted by Gasteiger charge is 2.42. The van der Waals surface area contributed by atoms with Gasteiger partial charge in [-0.1, -0.05) is 44.2 Å². The second-order valence-corrected chi connectivity index (χ2v) is 5.91. The van der Waals surface area contributed by atoms with Crippen molar-refractivity contribution in [2.45, 2.75) is 38.7 Å². The lowest BCUT2D eigenvalue weighted by Gasteiger charge is -2.49. The van der Waals surface area contributed by atoms with Gasteiger partial charge in [0.05, 0.1) is 5.60 Å². The van der Waals surface area contributed by atoms with Crippen LogP contribution in [0.3, 0.4) is 0 Å². The normalized spacial score (nSPS) is 18.9. The van der Waals surface area contributed by atoms with E-state index in [0.29, 0.717) is 5.92 Å². The molecule has 2 rings (SSSR count). The number of unbranched alkanes of at least 4 members (excludes halogenated alkanes) is 1. The highest BCUT2D eigenvalue weighted by molar-refractivity contribution is 5.14. The van der Waals surface area contributed by atoms with E-state index in [4.69, 9.17) is 0 Å². The molecule has 1 N–H and O–H groups in total. The Balaban J connectivity index is 1.58. The Kier molecular flexibility index (Phi) is 4.41. The average Bonchev–Trinajstić information content (AvgIpc) is 2.33. The van der Waals surface area contributed by atoms with E-state index in [9.17, 15) is 5.11 Å². The maximum Gasteiger partial charge on any atom is 0.0922 e. The second-order valence-electron chi connectivity index (χ2n) is 5.91. The number of hydrogen-bond donors (Lipinski definition) is 1. The summed E-state index contributed by atoms with van der Waals surface area (Å²) >= 11 is 0. The zero-order valence-corrected chi connectivity index (χ0v) is 11.6. The van der Waals surface area contributed by atoms with Crippen molar-refractivity contribution in [3.05, 3.63) is 35.9 Å². The standard InChI is InChI=1S/C16H25NO/c1-14(2)16(18)12-17(13-16)11-7-6-10-15-8-4-3-5-9-15/h3-5,8-9,14,18H,6-7,10-13H2,1-2H3. The summed E-state index contributed by atoms with van der Waals surface area (Å²) in [6.45, 7) is 7.05. The fourth-order valence-corrected chi connectivity index (χ4v) is 2.56. The molecule has 18 heavy (non-hydrogen) atoms. The number of likely N-dealkylation sites (tertiary alicyclic amines) is 1. The maximum absolute atomic E-state index is 10.2. The molecule has 0 atom stereocenters. The molecule has 1 aromatic carbocycles. The molecule has 0 aromatic heterocycles. The van der Waals surface area contributed by atoms with E-state index in [2.05, 4.69) is 49.1 Å². The van der Waals surface area contributed by atoms with Gasteiger partial charge in [0.1, 0.15) is 0 Å². The summed E-state index contributed by atoms with van der Waals surface area (Å²) in [7, 11) is 0. The first-order valence-electron chi connectivity index (χ1n) is 7.09. The van der Waals surface area contributed by atoms with Crippen LogP contribution in [0.5, 0.6) is 0 Å². The number of nitrogens with zero attached hydrogens (tertiary/aromatic N) is 1. The van der Waals surface area contributed by atoms with Crippen molar-refractivity contribution in [3.8, 4) is 0 Å². The predicted octanol–water partition coefficient (Wildman–Crippen LogP) is 2.71. The highest BCUT2D eigenvalue weighted by Crippen LogP contribution is 2.28. The summed E-state index contributed by atoms with van der Waals surface area (Å²) in [5.74, 6) is 0.373. The van der Waals surface area contributed by atoms with Gasteiger partial charge in [0.2, 0.25) is 0 Å². The van der Waals surface area contributed by atoms with Gasteiger partial charge in [0.15, 0.2) is 0 Å². The van der Waals surface area contributed by atoms with Crippen molar-refractivity contribution >= 4 is 0 Å². The average molecular weight is 247 g/mol. The van der Waals surface area contributed by atoms with Crippen LogP contribution in [0.15, 0.2) is 30.3 Å². The molecule has 0 unspecified atom stereocenters. The molecule has 1 saturated heterocycles. The SMILES string of the molecule is CC(C)C1(O)CN(CCCCc2ccccc2)C1. The zero-order chi connectivity index (χ0) is 13.0. The van der Waals surface area contributed by atoms with Crippen LogP contribution >= 0.6 is 0 Å². The maximum atomic E-state index is 10.2. The third kappa shape index (κ3) is 3.33. The minimum absolute atomic E-state index is 0.373. The van der Waals surface area contributed by atoms with Gasteiger partial charge in [0, 0.05) is 13.1 Å². The number of β-amino-alcohol motifs (C(OH)–C–C–N with tert-alkyl or cyclic N) is 1. The molecule has 1 aromatic rings. The molecule has 0 spiro atoms. The minimum Gasteiger partial charge on any atom is -0.387 e. The Labute approximate surface area is 111 Å². The summed E-state index contributed by atoms with van der Waals surface area (Å²) in [6.07, 6.45) is 3.63. The lowest BCUT2D eigenvalue weighted by molar-refractivity contribution is -0.127. The summed E-state index contributed by atoms with van der Waals surface area (Å²) in [5.41, 5.74) is 1.01. The Bertz CT molecular complexity index is 355. The van der Waals surface area contributed by atoms with Crippen LogP contribution in [-0.2, 0) is 6.42 Å². The monoisotopic (exact) mass is 247 g/mol. The van der Waals surface area contributed by atoms with Crippen LogP contribution in [-0.4, -0.2) is 35.2 Å². The largest absolute Gasteiger partial charge is 0.387 e. The first-order chi connectivity index (χ1) is 8.60. The number of hydrogen-bond acceptors (Lipinski definition) is 2. The third-order valence-corrected chi connectivity index (χ3v) is 4.10. The van der Waals surface area contributed by atoms with Gasteiger partial charge in [-0.15, -0.1) is 0 Å². The van der Waals surface area contributed by atoms with Crippen LogP contribution in [0.25, 0.3) is 0 Å². The second kappa shape index (κ2) is 5.85. The van der Waals surface area contributed by atoms with Crippen molar-refractivity contribution in [1.82, 2.24) is 4.90 Å². The summed E-state index contributed by atoms with van der Waals surface area (Å²) < 4.78 is 0. The van der Waals surface area contributed by atoms with E-state index in [0.717, 1.165) is 19.6 Å². The molecule has 1 fully saturated rings. The predicted molar refractivity (Wildman–Crippen MR) is 75.6 cm³/mol. The van der Waals surface area contributed by atoms with E-state index < -0.39 is 5.60 Å².